The number of fused-ring (bicyclic) bond motifs is 1. The lowest BCUT2D eigenvalue weighted by molar-refractivity contribution is 0.588. The molecule has 0 aromatic carbocycles. The zero-order valence-electron chi connectivity index (χ0n) is 10.6. The van der Waals surface area contributed by atoms with E-state index in [4.69, 9.17) is 0 Å². The molecule has 1 N–H and O–H groups in total. The highest BCUT2D eigenvalue weighted by Gasteiger charge is 2.23. The Bertz CT molecular complexity index is 551. The minimum atomic E-state index is 0.350. The second kappa shape index (κ2) is 4.77. The second-order valence-corrected chi connectivity index (χ2v) is 4.69. The fraction of sp³-hybridized carbons (Fsp3) is 0.333. The van der Waals surface area contributed by atoms with E-state index in [1.165, 1.54) is 17.7 Å². The number of pyridine rings is 2. The zero-order valence-corrected chi connectivity index (χ0v) is 10.6. The Labute approximate surface area is 107 Å². The molecule has 1 aliphatic rings. The van der Waals surface area contributed by atoms with E-state index in [1.807, 2.05) is 25.4 Å². The van der Waals surface area contributed by atoms with Crippen molar-refractivity contribution in [2.45, 2.75) is 25.2 Å². The van der Waals surface area contributed by atoms with Crippen molar-refractivity contribution >= 4 is 5.82 Å². The number of nitrogens with one attached hydrogen (secondary N) is 1. The van der Waals surface area contributed by atoms with E-state index in [1.54, 1.807) is 0 Å². The molecule has 0 aliphatic heterocycles. The number of aromatic nitrogens is 2. The first kappa shape index (κ1) is 11.2. The van der Waals surface area contributed by atoms with Crippen molar-refractivity contribution in [2.24, 2.45) is 0 Å². The summed E-state index contributed by atoms with van der Waals surface area (Å²) in [5, 5.41) is 3.10. The van der Waals surface area contributed by atoms with E-state index < -0.39 is 0 Å². The summed E-state index contributed by atoms with van der Waals surface area (Å²) in [6.45, 7) is 0. The van der Waals surface area contributed by atoms with E-state index in [0.717, 1.165) is 24.4 Å². The average molecular weight is 239 g/mol. The van der Waals surface area contributed by atoms with E-state index in [2.05, 4.69) is 33.5 Å². The molecule has 1 aliphatic carbocycles. The molecular weight excluding hydrogens is 222 g/mol. The lowest BCUT2D eigenvalue weighted by Gasteiger charge is -2.24. The molecule has 0 amide bonds. The number of hydrogen-bond acceptors (Lipinski definition) is 3. The summed E-state index contributed by atoms with van der Waals surface area (Å²) < 4.78 is 0. The molecule has 3 nitrogen and oxygen atoms in total. The van der Waals surface area contributed by atoms with Gasteiger partial charge in [-0.3, -0.25) is 4.98 Å². The number of nitrogens with zero attached hydrogens (tertiary/aromatic N) is 2. The summed E-state index contributed by atoms with van der Waals surface area (Å²) in [6, 6.07) is 10.4. The number of rotatable bonds is 2. The molecule has 18 heavy (non-hydrogen) atoms. The third kappa shape index (κ3) is 1.96. The monoisotopic (exact) mass is 239 g/mol. The highest BCUT2D eigenvalue weighted by molar-refractivity contribution is 5.39. The second-order valence-electron chi connectivity index (χ2n) is 4.69. The quantitative estimate of drug-likeness (QED) is 0.875. The van der Waals surface area contributed by atoms with E-state index in [9.17, 15) is 0 Å². The van der Waals surface area contributed by atoms with Gasteiger partial charge in [-0.15, -0.1) is 0 Å². The first-order chi connectivity index (χ1) is 8.88. The van der Waals surface area contributed by atoms with Gasteiger partial charge in [0.1, 0.15) is 5.82 Å². The number of anilines is 1. The van der Waals surface area contributed by atoms with Crippen molar-refractivity contribution in [1.82, 2.24) is 9.97 Å². The van der Waals surface area contributed by atoms with Crippen LogP contribution in [0.3, 0.4) is 0 Å². The van der Waals surface area contributed by atoms with Crippen molar-refractivity contribution in [2.75, 3.05) is 12.4 Å². The van der Waals surface area contributed by atoms with Crippen LogP contribution in [0.4, 0.5) is 5.82 Å². The van der Waals surface area contributed by atoms with Crippen LogP contribution in [-0.2, 0) is 6.42 Å². The summed E-state index contributed by atoms with van der Waals surface area (Å²) in [5.41, 5.74) is 3.72. The summed E-state index contributed by atoms with van der Waals surface area (Å²) in [4.78, 5) is 9.23. The van der Waals surface area contributed by atoms with Gasteiger partial charge in [-0.2, -0.15) is 0 Å². The topological polar surface area (TPSA) is 37.8 Å². The Morgan fingerprint density at radius 3 is 3.06 bits per heavy atom. The van der Waals surface area contributed by atoms with E-state index >= 15 is 0 Å². The molecule has 3 heteroatoms. The van der Waals surface area contributed by atoms with Crippen molar-refractivity contribution < 1.29 is 0 Å². The Hall–Kier alpha value is -1.90. The first-order valence-corrected chi connectivity index (χ1v) is 6.47. The third-order valence-electron chi connectivity index (χ3n) is 3.58. The van der Waals surface area contributed by atoms with Gasteiger partial charge in [0.15, 0.2) is 0 Å². The van der Waals surface area contributed by atoms with Crippen LogP contribution in [0.5, 0.6) is 0 Å². The highest BCUT2D eigenvalue weighted by atomic mass is 15.0. The Morgan fingerprint density at radius 2 is 2.17 bits per heavy atom. The maximum Gasteiger partial charge on any atom is 0.125 e. The molecule has 2 aromatic rings. The van der Waals surface area contributed by atoms with Gasteiger partial charge in [0.25, 0.3) is 0 Å². The van der Waals surface area contributed by atoms with Gasteiger partial charge in [-0.05, 0) is 43.0 Å². The van der Waals surface area contributed by atoms with E-state index in [0.29, 0.717) is 5.92 Å². The molecule has 2 aromatic heterocycles. The van der Waals surface area contributed by atoms with E-state index in [-0.39, 0.29) is 0 Å². The van der Waals surface area contributed by atoms with Crippen molar-refractivity contribution in [3.05, 3.63) is 53.5 Å². The molecule has 3 rings (SSSR count). The molecule has 0 fully saturated rings. The predicted octanol–water partition coefficient (Wildman–Crippen LogP) is 2.99. The minimum absolute atomic E-state index is 0.350. The third-order valence-corrected chi connectivity index (χ3v) is 3.58. The van der Waals surface area contributed by atoms with Crippen LogP contribution in [0.15, 0.2) is 36.5 Å². The largest absolute Gasteiger partial charge is 0.373 e. The molecule has 0 radical (unpaired) electrons. The zero-order chi connectivity index (χ0) is 12.4. The van der Waals surface area contributed by atoms with Crippen LogP contribution in [-0.4, -0.2) is 17.0 Å². The van der Waals surface area contributed by atoms with Gasteiger partial charge < -0.3 is 5.32 Å². The van der Waals surface area contributed by atoms with Crippen LogP contribution in [0.25, 0.3) is 0 Å². The molecule has 0 saturated carbocycles. The van der Waals surface area contributed by atoms with Crippen LogP contribution in [0.1, 0.15) is 35.7 Å². The fourth-order valence-electron chi connectivity index (χ4n) is 2.68. The van der Waals surface area contributed by atoms with Gasteiger partial charge >= 0.3 is 0 Å². The van der Waals surface area contributed by atoms with Gasteiger partial charge in [0, 0.05) is 19.2 Å². The van der Waals surface area contributed by atoms with Crippen LogP contribution in [0.2, 0.25) is 0 Å². The lowest BCUT2D eigenvalue weighted by atomic mass is 9.84. The van der Waals surface area contributed by atoms with Gasteiger partial charge in [0.2, 0.25) is 0 Å². The van der Waals surface area contributed by atoms with Crippen molar-refractivity contribution in [3.63, 3.8) is 0 Å². The molecule has 92 valence electrons. The maximum atomic E-state index is 4.66. The summed E-state index contributed by atoms with van der Waals surface area (Å²) in [7, 11) is 1.90. The Kier molecular flexibility index (Phi) is 2.97. The van der Waals surface area contributed by atoms with Crippen molar-refractivity contribution in [1.29, 1.82) is 0 Å². The fourth-order valence-corrected chi connectivity index (χ4v) is 2.68. The maximum absolute atomic E-state index is 4.66. The normalized spacial score (nSPS) is 18.2. The molecule has 2 heterocycles. The van der Waals surface area contributed by atoms with Gasteiger partial charge in [-0.1, -0.05) is 12.1 Å². The Morgan fingerprint density at radius 1 is 1.22 bits per heavy atom. The Balaban J connectivity index is 2.02. The molecule has 0 saturated heterocycles. The summed E-state index contributed by atoms with van der Waals surface area (Å²) in [6.07, 6.45) is 5.39. The summed E-state index contributed by atoms with van der Waals surface area (Å²) >= 11 is 0. The minimum Gasteiger partial charge on any atom is -0.373 e. The molecular formula is C15H17N3. The number of hydrogen-bond donors (Lipinski definition) is 1. The first-order valence-electron chi connectivity index (χ1n) is 6.47. The molecule has 0 bridgehead atoms. The van der Waals surface area contributed by atoms with Gasteiger partial charge in [-0.25, -0.2) is 4.98 Å². The summed E-state index contributed by atoms with van der Waals surface area (Å²) in [5.74, 6) is 1.28. The smallest absolute Gasteiger partial charge is 0.125 e. The van der Waals surface area contributed by atoms with Crippen LogP contribution >= 0.6 is 0 Å². The van der Waals surface area contributed by atoms with Gasteiger partial charge in [0.05, 0.1) is 11.4 Å². The predicted molar refractivity (Wildman–Crippen MR) is 72.8 cm³/mol. The molecule has 0 spiro atoms. The molecule has 1 atom stereocenters. The highest BCUT2D eigenvalue weighted by Crippen LogP contribution is 2.34. The SMILES string of the molecule is CNc1cccc(C2CCCc3cccnc32)n1. The van der Waals surface area contributed by atoms with Crippen LogP contribution < -0.4 is 5.32 Å². The number of aryl methyl sites for hydroxylation is 1. The lowest BCUT2D eigenvalue weighted by Crippen LogP contribution is -2.14. The van der Waals surface area contributed by atoms with Crippen molar-refractivity contribution in [3.8, 4) is 0 Å². The average Bonchev–Trinajstić information content (AvgIpc) is 2.47. The molecule has 1 unspecified atom stereocenters. The van der Waals surface area contributed by atoms with Crippen LogP contribution in [0, 0.1) is 0 Å². The standard InChI is InChI=1S/C15H17N3/c1-16-14-9-3-8-13(18-14)12-7-2-5-11-6-4-10-17-15(11)12/h3-4,6,8-10,12H,2,5,7H2,1H3,(H,16,18).